The van der Waals surface area contributed by atoms with Gasteiger partial charge in [0.15, 0.2) is 0 Å². The van der Waals surface area contributed by atoms with E-state index in [1.165, 1.54) is 163 Å². The van der Waals surface area contributed by atoms with E-state index in [2.05, 4.69) is 312 Å². The van der Waals surface area contributed by atoms with Crippen LogP contribution in [-0.4, -0.2) is 0 Å². The molecule has 80 heavy (non-hydrogen) atoms. The zero-order chi connectivity index (χ0) is 55.6. The molecule has 0 aromatic heterocycles. The second-order valence-corrected chi connectivity index (χ2v) is 22.3. The van der Waals surface area contributed by atoms with Crippen molar-refractivity contribution in [3.63, 3.8) is 0 Å². The van der Waals surface area contributed by atoms with Crippen molar-refractivity contribution in [2.24, 2.45) is 0 Å². The minimum atomic E-state index is 1.32. The molecule has 0 heteroatoms. The average Bonchev–Trinajstić information content (AvgIpc) is 3.53. The summed E-state index contributed by atoms with van der Waals surface area (Å²) in [5.74, 6) is 0. The van der Waals surface area contributed by atoms with Gasteiger partial charge in [-0.3, -0.25) is 0 Å². The van der Waals surface area contributed by atoms with Crippen LogP contribution in [0.2, 0.25) is 0 Å². The molecule has 0 spiro atoms. The molecule has 0 atom stereocenters. The zero-order valence-electron chi connectivity index (χ0n) is 48.1. The summed E-state index contributed by atoms with van der Waals surface area (Å²) in [4.78, 5) is 0. The first-order chi connectivity index (χ1) is 38.8. The fraction of sp³-hybridized carbons (Fsp3) is 0.125. The van der Waals surface area contributed by atoms with E-state index in [1.807, 2.05) is 0 Å². The average molecular weight is 1030 g/mol. The molecule has 0 bridgehead atoms. The maximum Gasteiger partial charge on any atom is -0.0146 e. The highest BCUT2D eigenvalue weighted by molar-refractivity contribution is 6.05. The van der Waals surface area contributed by atoms with E-state index >= 15 is 0 Å². The Kier molecular flexibility index (Phi) is 15.0. The van der Waals surface area contributed by atoms with Crippen LogP contribution in [0.4, 0.5) is 0 Å². The lowest BCUT2D eigenvalue weighted by atomic mass is 9.95. The molecule has 0 unspecified atom stereocenters. The third-order valence-electron chi connectivity index (χ3n) is 16.4. The molecule has 0 fully saturated rings. The number of rotatable bonds is 0. The summed E-state index contributed by atoms with van der Waals surface area (Å²) >= 11 is 0. The lowest BCUT2D eigenvalue weighted by Crippen LogP contribution is -1.84. The molecule has 15 rings (SSSR count). The van der Waals surface area contributed by atoms with Crippen molar-refractivity contribution in [3.8, 4) is 0 Å². The predicted molar refractivity (Wildman–Crippen MR) is 355 cm³/mol. The molecule has 0 aliphatic carbocycles. The number of benzene rings is 15. The number of fused-ring (bicyclic) bond motifs is 10. The summed E-state index contributed by atoms with van der Waals surface area (Å²) in [6.07, 6.45) is 0. The van der Waals surface area contributed by atoms with Gasteiger partial charge in [0, 0.05) is 0 Å². The second kappa shape index (κ2) is 22.7. The molecule has 15 aromatic carbocycles. The highest BCUT2D eigenvalue weighted by Crippen LogP contribution is 2.32. The third-order valence-corrected chi connectivity index (χ3v) is 16.4. The molecule has 15 aromatic rings. The van der Waals surface area contributed by atoms with Gasteiger partial charge in [-0.2, -0.15) is 0 Å². The van der Waals surface area contributed by atoms with E-state index in [1.54, 1.807) is 0 Å². The Hall–Kier alpha value is -9.10. The molecular formula is C80H70. The van der Waals surface area contributed by atoms with Crippen molar-refractivity contribution >= 4 is 108 Å². The van der Waals surface area contributed by atoms with E-state index in [0.717, 1.165) is 0 Å². The molecule has 0 aliphatic heterocycles. The van der Waals surface area contributed by atoms with E-state index in [-0.39, 0.29) is 0 Å². The van der Waals surface area contributed by atoms with Crippen LogP contribution >= 0.6 is 0 Å². The quantitative estimate of drug-likeness (QED) is 0.133. The Labute approximate surface area is 472 Å². The Balaban J connectivity index is 0.000000105. The highest BCUT2D eigenvalue weighted by atomic mass is 14.1. The topological polar surface area (TPSA) is 0 Å². The minimum absolute atomic E-state index is 1.32. The van der Waals surface area contributed by atoms with Crippen molar-refractivity contribution in [2.45, 2.75) is 69.2 Å². The fourth-order valence-corrected chi connectivity index (χ4v) is 11.8. The molecule has 0 N–H and O–H groups in total. The predicted octanol–water partition coefficient (Wildman–Crippen LogP) is 23.0. The molecule has 0 saturated carbocycles. The first-order valence-electron chi connectivity index (χ1n) is 28.2. The fourth-order valence-electron chi connectivity index (χ4n) is 11.8. The van der Waals surface area contributed by atoms with Crippen molar-refractivity contribution in [3.05, 3.63) is 298 Å². The van der Waals surface area contributed by atoms with E-state index in [0.29, 0.717) is 0 Å². The van der Waals surface area contributed by atoms with Crippen molar-refractivity contribution in [1.82, 2.24) is 0 Å². The third kappa shape index (κ3) is 11.0. The summed E-state index contributed by atoms with van der Waals surface area (Å²) < 4.78 is 0. The summed E-state index contributed by atoms with van der Waals surface area (Å²) in [7, 11) is 0. The maximum absolute atomic E-state index is 2.31. The van der Waals surface area contributed by atoms with Gasteiger partial charge in [-0.15, -0.1) is 0 Å². The Morgan fingerprint density at radius 2 is 0.412 bits per heavy atom. The van der Waals surface area contributed by atoms with Gasteiger partial charge < -0.3 is 0 Å². The van der Waals surface area contributed by atoms with Gasteiger partial charge in [0.25, 0.3) is 0 Å². The number of hydrogen-bond acceptors (Lipinski definition) is 0. The Morgan fingerprint density at radius 3 is 0.863 bits per heavy atom. The van der Waals surface area contributed by atoms with Crippen LogP contribution in [-0.2, 0) is 0 Å². The Bertz CT molecular complexity index is 4630. The van der Waals surface area contributed by atoms with Gasteiger partial charge >= 0.3 is 0 Å². The van der Waals surface area contributed by atoms with Crippen LogP contribution in [0.3, 0.4) is 0 Å². The van der Waals surface area contributed by atoms with E-state index in [9.17, 15) is 0 Å². The van der Waals surface area contributed by atoms with Crippen molar-refractivity contribution in [1.29, 1.82) is 0 Å². The molecule has 0 nitrogen and oxygen atoms in total. The molecule has 0 aliphatic rings. The van der Waals surface area contributed by atoms with Crippen LogP contribution in [0.1, 0.15) is 55.6 Å². The SMILES string of the molecule is Cc1ccc2cc3c(C)cccc3cc2c1.Cc1ccc2cc3cccc(C)c3cc2c1.Cc1cccc2c(C)c3ccccc3cc12.Cc1cccc2cc3c(C)cccc3cc12.Cc1cccc2cc3cccc(C)c3cc12. The number of hydrogen-bond donors (Lipinski definition) is 0. The smallest absolute Gasteiger partial charge is 0.0146 e. The summed E-state index contributed by atoms with van der Waals surface area (Å²) in [5.41, 5.74) is 13.5. The summed E-state index contributed by atoms with van der Waals surface area (Å²) in [5, 5.41) is 26.9. The van der Waals surface area contributed by atoms with Gasteiger partial charge in [-0.25, -0.2) is 0 Å². The monoisotopic (exact) mass is 1030 g/mol. The minimum Gasteiger partial charge on any atom is -0.0616 e. The van der Waals surface area contributed by atoms with Gasteiger partial charge in [-0.05, 0) is 276 Å². The van der Waals surface area contributed by atoms with E-state index < -0.39 is 0 Å². The van der Waals surface area contributed by atoms with Gasteiger partial charge in [0.05, 0.1) is 0 Å². The largest absolute Gasteiger partial charge is 0.0616 e. The lowest BCUT2D eigenvalue weighted by Gasteiger charge is -2.09. The molecular weight excluding hydrogens is 961 g/mol. The molecule has 390 valence electrons. The molecule has 0 heterocycles. The van der Waals surface area contributed by atoms with Gasteiger partial charge in [0.1, 0.15) is 0 Å². The first-order valence-corrected chi connectivity index (χ1v) is 28.2. The van der Waals surface area contributed by atoms with Crippen molar-refractivity contribution in [2.75, 3.05) is 0 Å². The Morgan fingerprint density at radius 1 is 0.150 bits per heavy atom. The van der Waals surface area contributed by atoms with Crippen LogP contribution in [0.5, 0.6) is 0 Å². The van der Waals surface area contributed by atoms with E-state index in [4.69, 9.17) is 0 Å². The van der Waals surface area contributed by atoms with Crippen LogP contribution in [0.25, 0.3) is 108 Å². The van der Waals surface area contributed by atoms with Gasteiger partial charge in [0.2, 0.25) is 0 Å². The maximum atomic E-state index is 2.31. The van der Waals surface area contributed by atoms with Gasteiger partial charge in [-0.1, -0.05) is 199 Å². The summed E-state index contributed by atoms with van der Waals surface area (Å²) in [6.45, 7) is 21.7. The standard InChI is InChI=1S/5C16H14/c1-11-5-3-7-13-10-16-12(2)6-4-8-14(16)9-15(11)13;1-11-5-3-7-13-9-14-8-4-6-12(2)16(14)10-15(11)13;1-11-6-5-9-15-12(2)14-8-4-3-7-13(14)10-16(11)15;1-11-6-7-13-10-16-12(2)4-3-5-14(16)9-15(13)8-11;1-11-6-7-13-9-14-5-3-4-12(2)16(14)10-15(13)8-11/h5*3-10H,1-2H3. The molecule has 0 radical (unpaired) electrons. The zero-order valence-corrected chi connectivity index (χ0v) is 48.1. The van der Waals surface area contributed by atoms with Crippen LogP contribution in [0.15, 0.2) is 243 Å². The molecule has 0 saturated heterocycles. The van der Waals surface area contributed by atoms with Crippen molar-refractivity contribution < 1.29 is 0 Å². The van der Waals surface area contributed by atoms with Crippen LogP contribution < -0.4 is 0 Å². The molecule has 0 amide bonds. The van der Waals surface area contributed by atoms with Crippen LogP contribution in [0, 0.1) is 69.2 Å². The lowest BCUT2D eigenvalue weighted by molar-refractivity contribution is 1.50. The second-order valence-electron chi connectivity index (χ2n) is 22.3. The highest BCUT2D eigenvalue weighted by Gasteiger charge is 2.07. The normalized spacial score (nSPS) is 11.1. The summed E-state index contributed by atoms with van der Waals surface area (Å²) in [6, 6.07) is 87.9. The number of aryl methyl sites for hydroxylation is 10. The first kappa shape index (κ1) is 52.9.